The van der Waals surface area contributed by atoms with Crippen LogP contribution in [0.2, 0.25) is 0 Å². The normalized spacial score (nSPS) is 13.0. The number of hydrogen-bond acceptors (Lipinski definition) is 6. The molecule has 0 spiro atoms. The summed E-state index contributed by atoms with van der Waals surface area (Å²) in [5.74, 6) is -0.924. The van der Waals surface area contributed by atoms with E-state index in [2.05, 4.69) is 167 Å². The van der Waals surface area contributed by atoms with Crippen LogP contribution in [0.3, 0.4) is 0 Å². The van der Waals surface area contributed by atoms with Gasteiger partial charge in [0, 0.05) is 19.3 Å². The number of carbonyl (C=O) groups excluding carboxylic acids is 3. The summed E-state index contributed by atoms with van der Waals surface area (Å²) in [5.41, 5.74) is 0. The van der Waals surface area contributed by atoms with Crippen LogP contribution in [0.15, 0.2) is 146 Å². The van der Waals surface area contributed by atoms with Gasteiger partial charge in [-0.3, -0.25) is 14.4 Å². The molecule has 0 heterocycles. The van der Waals surface area contributed by atoms with Crippen molar-refractivity contribution in [3.63, 3.8) is 0 Å². The first kappa shape index (κ1) is 78.3. The van der Waals surface area contributed by atoms with Crippen LogP contribution in [0.25, 0.3) is 0 Å². The molecule has 1 unspecified atom stereocenters. The third-order valence-corrected chi connectivity index (χ3v) is 14.3. The molecule has 0 aliphatic carbocycles. The van der Waals surface area contributed by atoms with E-state index in [9.17, 15) is 14.4 Å². The van der Waals surface area contributed by atoms with Gasteiger partial charge in [-0.1, -0.05) is 289 Å². The standard InChI is InChI=1S/C77H126O6/c1-4-7-10-13-16-19-22-25-28-30-31-32-33-34-35-36-37-38-39-40-41-42-43-44-45-46-47-48-50-52-55-58-61-64-67-70-76(79)82-73-74(72-81-75(78)69-66-63-60-57-54-51-27-24-21-18-15-12-9-6-3)83-77(80)71-68-65-62-59-56-53-49-29-26-23-20-17-14-11-8-5-2/h7,10,15-16,18-19,24-25,27-29,31-32,34-35,37-38,40-41,43-44,46-47,49,74H,4-6,8-9,11-14,17,20-23,26,30,33,36,39,42,45,48,50-73H2,1-3H3/b10-7-,18-15-,19-16-,27-24-,28-25-,32-31-,35-34-,38-37-,41-40-,44-43-,47-46-,49-29-. The number of hydrogen-bond donors (Lipinski definition) is 0. The highest BCUT2D eigenvalue weighted by atomic mass is 16.6. The van der Waals surface area contributed by atoms with E-state index < -0.39 is 6.10 Å². The SMILES string of the molecule is CC/C=C\C/C=C\C/C=C\C/C=C\C/C=C\C/C=C\C/C=C\C/C=C\C/C=C\CCCCCCCCCC(=O)OCC(COC(=O)CCCCCCC/C=C\C/C=C\CCCC)OC(=O)CCCCCCC/C=C\CCCCCCCCC. The maximum absolute atomic E-state index is 12.9. The zero-order chi connectivity index (χ0) is 59.9. The average Bonchev–Trinajstić information content (AvgIpc) is 3.49. The van der Waals surface area contributed by atoms with E-state index in [0.29, 0.717) is 19.3 Å². The third kappa shape index (κ3) is 68.0. The number of carbonyl (C=O) groups is 3. The molecule has 0 N–H and O–H groups in total. The van der Waals surface area contributed by atoms with Crippen molar-refractivity contribution in [1.29, 1.82) is 0 Å². The van der Waals surface area contributed by atoms with Crippen LogP contribution in [0.4, 0.5) is 0 Å². The van der Waals surface area contributed by atoms with Gasteiger partial charge in [-0.15, -0.1) is 0 Å². The molecule has 0 saturated heterocycles. The molecule has 0 saturated carbocycles. The fourth-order valence-electron chi connectivity index (χ4n) is 9.15. The predicted octanol–water partition coefficient (Wildman–Crippen LogP) is 23.9. The van der Waals surface area contributed by atoms with E-state index in [1.807, 2.05) is 0 Å². The van der Waals surface area contributed by atoms with Crippen molar-refractivity contribution in [3.05, 3.63) is 146 Å². The maximum atomic E-state index is 12.9. The molecule has 0 radical (unpaired) electrons. The molecule has 0 rings (SSSR count). The average molecular weight is 1150 g/mol. The molecule has 0 aromatic rings. The van der Waals surface area contributed by atoms with Crippen molar-refractivity contribution < 1.29 is 28.6 Å². The van der Waals surface area contributed by atoms with Crippen LogP contribution in [-0.4, -0.2) is 37.2 Å². The molecular weight excluding hydrogens is 1020 g/mol. The molecule has 470 valence electrons. The van der Waals surface area contributed by atoms with Crippen molar-refractivity contribution in [2.45, 2.75) is 309 Å². The summed E-state index contributed by atoms with van der Waals surface area (Å²) in [6.45, 7) is 6.46. The first-order valence-electron chi connectivity index (χ1n) is 34.3. The molecule has 6 nitrogen and oxygen atoms in total. The lowest BCUT2D eigenvalue weighted by molar-refractivity contribution is -0.167. The number of rotatable bonds is 61. The van der Waals surface area contributed by atoms with Crippen molar-refractivity contribution in [1.82, 2.24) is 0 Å². The van der Waals surface area contributed by atoms with Crippen LogP contribution in [0.1, 0.15) is 303 Å². The molecule has 0 aromatic heterocycles. The maximum Gasteiger partial charge on any atom is 0.306 e. The van der Waals surface area contributed by atoms with Crippen molar-refractivity contribution in [2.24, 2.45) is 0 Å². The summed E-state index contributed by atoms with van der Waals surface area (Å²) >= 11 is 0. The second-order valence-electron chi connectivity index (χ2n) is 22.3. The van der Waals surface area contributed by atoms with E-state index in [1.54, 1.807) is 0 Å². The van der Waals surface area contributed by atoms with E-state index >= 15 is 0 Å². The van der Waals surface area contributed by atoms with Gasteiger partial charge >= 0.3 is 17.9 Å². The highest BCUT2D eigenvalue weighted by molar-refractivity contribution is 5.71. The number of esters is 3. The van der Waals surface area contributed by atoms with Crippen molar-refractivity contribution >= 4 is 17.9 Å². The second kappa shape index (κ2) is 69.8. The first-order chi connectivity index (χ1) is 41.0. The van der Waals surface area contributed by atoms with Crippen LogP contribution >= 0.6 is 0 Å². The minimum atomic E-state index is -0.799. The highest BCUT2D eigenvalue weighted by Gasteiger charge is 2.19. The minimum Gasteiger partial charge on any atom is -0.462 e. The van der Waals surface area contributed by atoms with Gasteiger partial charge in [0.15, 0.2) is 6.10 Å². The Labute approximate surface area is 512 Å². The van der Waals surface area contributed by atoms with E-state index in [-0.39, 0.29) is 31.1 Å². The topological polar surface area (TPSA) is 78.9 Å². The van der Waals surface area contributed by atoms with Gasteiger partial charge in [0.05, 0.1) is 0 Å². The van der Waals surface area contributed by atoms with Gasteiger partial charge in [0.2, 0.25) is 0 Å². The Morgan fingerprint density at radius 2 is 0.482 bits per heavy atom. The van der Waals surface area contributed by atoms with Gasteiger partial charge < -0.3 is 14.2 Å². The van der Waals surface area contributed by atoms with Gasteiger partial charge in [0.25, 0.3) is 0 Å². The van der Waals surface area contributed by atoms with Crippen LogP contribution in [-0.2, 0) is 28.6 Å². The fourth-order valence-corrected chi connectivity index (χ4v) is 9.15. The summed E-state index contributed by atoms with van der Waals surface area (Å²) < 4.78 is 16.9. The lowest BCUT2D eigenvalue weighted by Gasteiger charge is -2.18. The Kier molecular flexibility index (Phi) is 65.8. The highest BCUT2D eigenvalue weighted by Crippen LogP contribution is 2.15. The van der Waals surface area contributed by atoms with Gasteiger partial charge in [-0.2, -0.15) is 0 Å². The van der Waals surface area contributed by atoms with Crippen molar-refractivity contribution in [2.75, 3.05) is 13.2 Å². The quantitative estimate of drug-likeness (QED) is 0.0261. The fraction of sp³-hybridized carbons (Fsp3) is 0.649. The lowest BCUT2D eigenvalue weighted by Crippen LogP contribution is -2.30. The Bertz CT molecular complexity index is 1800. The Morgan fingerprint density at radius 1 is 0.253 bits per heavy atom. The zero-order valence-corrected chi connectivity index (χ0v) is 53.9. The molecule has 6 heteroatoms. The summed E-state index contributed by atoms with van der Waals surface area (Å²) in [5, 5.41) is 0. The lowest BCUT2D eigenvalue weighted by atomic mass is 10.1. The summed E-state index contributed by atoms with van der Waals surface area (Å²) in [6.07, 6.45) is 100. The summed E-state index contributed by atoms with van der Waals surface area (Å²) in [7, 11) is 0. The van der Waals surface area contributed by atoms with Crippen LogP contribution in [0.5, 0.6) is 0 Å². The number of unbranched alkanes of at least 4 members (excludes halogenated alkanes) is 26. The second-order valence-corrected chi connectivity index (χ2v) is 22.3. The molecule has 0 aliphatic rings. The molecule has 0 aromatic carbocycles. The Hall–Kier alpha value is -4.71. The zero-order valence-electron chi connectivity index (χ0n) is 53.9. The molecule has 0 amide bonds. The van der Waals surface area contributed by atoms with Crippen LogP contribution < -0.4 is 0 Å². The van der Waals surface area contributed by atoms with Gasteiger partial charge in [0.1, 0.15) is 13.2 Å². The number of allylic oxidation sites excluding steroid dienone is 24. The van der Waals surface area contributed by atoms with E-state index in [4.69, 9.17) is 14.2 Å². The van der Waals surface area contributed by atoms with E-state index in [0.717, 1.165) is 161 Å². The molecule has 0 aliphatic heterocycles. The third-order valence-electron chi connectivity index (χ3n) is 14.3. The van der Waals surface area contributed by atoms with Gasteiger partial charge in [-0.25, -0.2) is 0 Å². The number of ether oxygens (including phenoxy) is 3. The minimum absolute atomic E-state index is 0.0948. The monoisotopic (exact) mass is 1150 g/mol. The largest absolute Gasteiger partial charge is 0.462 e. The van der Waals surface area contributed by atoms with Crippen LogP contribution in [0, 0.1) is 0 Å². The first-order valence-corrected chi connectivity index (χ1v) is 34.3. The molecule has 0 fully saturated rings. The van der Waals surface area contributed by atoms with Crippen molar-refractivity contribution in [3.8, 4) is 0 Å². The molecule has 83 heavy (non-hydrogen) atoms. The Morgan fingerprint density at radius 3 is 0.783 bits per heavy atom. The van der Waals surface area contributed by atoms with Gasteiger partial charge in [-0.05, 0) is 141 Å². The molecule has 1 atom stereocenters. The smallest absolute Gasteiger partial charge is 0.306 e. The molecule has 0 bridgehead atoms. The summed E-state index contributed by atoms with van der Waals surface area (Å²) in [4.78, 5) is 38.3. The summed E-state index contributed by atoms with van der Waals surface area (Å²) in [6, 6.07) is 0. The predicted molar refractivity (Wildman–Crippen MR) is 362 cm³/mol. The van der Waals surface area contributed by atoms with E-state index in [1.165, 1.54) is 103 Å². The Balaban J connectivity index is 4.31. The molecular formula is C77H126O6.